The molecule has 2 aromatic heterocycles. The minimum Gasteiger partial charge on any atom is -0.507 e. The first-order valence-electron chi connectivity index (χ1n) is 22.1. The fraction of sp³-hybridized carbons (Fsp3) is 0.241. The molecule has 0 bridgehead atoms. The molecule has 4 nitrogen and oxygen atoms in total. The molecule has 9 aromatic rings. The summed E-state index contributed by atoms with van der Waals surface area (Å²) < 4.78 is 2.38. The van der Waals surface area contributed by atoms with Gasteiger partial charge in [0.2, 0.25) is 0 Å². The van der Waals surface area contributed by atoms with Gasteiger partial charge in [0.1, 0.15) is 11.6 Å². The van der Waals surface area contributed by atoms with Crippen LogP contribution in [0.15, 0.2) is 146 Å². The molecule has 0 aliphatic heterocycles. The maximum atomic E-state index is 12.6. The molecular formula is C58H57N3O. The lowest BCUT2D eigenvalue weighted by Crippen LogP contribution is -2.17. The van der Waals surface area contributed by atoms with E-state index in [-0.39, 0.29) is 28.4 Å². The number of benzene rings is 7. The zero-order chi connectivity index (χ0) is 43.7. The number of nitrogens with zero attached hydrogens (tertiary/aromatic N) is 3. The monoisotopic (exact) mass is 811 g/mol. The van der Waals surface area contributed by atoms with E-state index in [0.29, 0.717) is 0 Å². The summed E-state index contributed by atoms with van der Waals surface area (Å²) in [6.07, 6.45) is 1.97. The Morgan fingerprint density at radius 3 is 1.84 bits per heavy atom. The highest BCUT2D eigenvalue weighted by Crippen LogP contribution is 2.47. The van der Waals surface area contributed by atoms with Crippen molar-refractivity contribution in [3.8, 4) is 56.3 Å². The molecule has 0 radical (unpaired) electrons. The zero-order valence-corrected chi connectivity index (χ0v) is 37.8. The van der Waals surface area contributed by atoms with E-state index in [4.69, 9.17) is 9.97 Å². The van der Waals surface area contributed by atoms with Crippen LogP contribution in [0.3, 0.4) is 0 Å². The molecule has 0 aliphatic carbocycles. The molecule has 62 heavy (non-hydrogen) atoms. The second-order valence-electron chi connectivity index (χ2n) is 19.7. The Bertz CT molecular complexity index is 3130. The van der Waals surface area contributed by atoms with Crippen molar-refractivity contribution in [2.75, 3.05) is 0 Å². The minimum absolute atomic E-state index is 0.176. The number of pyridine rings is 1. The normalized spacial score (nSPS) is 12.4. The van der Waals surface area contributed by atoms with Crippen LogP contribution in [-0.4, -0.2) is 19.6 Å². The highest BCUT2D eigenvalue weighted by atomic mass is 16.3. The predicted molar refractivity (Wildman–Crippen MR) is 263 cm³/mol. The van der Waals surface area contributed by atoms with Gasteiger partial charge in [-0.15, -0.1) is 0 Å². The van der Waals surface area contributed by atoms with Crippen molar-refractivity contribution in [1.82, 2.24) is 14.5 Å². The quantitative estimate of drug-likeness (QED) is 0.174. The second-order valence-corrected chi connectivity index (χ2v) is 19.7. The SMILES string of the molecule is CC(C)c1cc(-c2ccccc2)cc(C(C)C)c1-n1c(-c2cc(C(C)(C)C)cc(C(C)(C)C)c2O)nc2c(-c3cc(-c4cc5ccccc5cn4)cc4ccccc34)cccc21. The molecule has 9 rings (SSSR count). The Labute approximate surface area is 367 Å². The molecule has 2 heterocycles. The van der Waals surface area contributed by atoms with Gasteiger partial charge in [-0.1, -0.05) is 166 Å². The number of fused-ring (bicyclic) bond motifs is 3. The first-order valence-corrected chi connectivity index (χ1v) is 22.1. The van der Waals surface area contributed by atoms with Crippen molar-refractivity contribution in [2.45, 2.75) is 91.9 Å². The number of para-hydroxylation sites is 1. The highest BCUT2D eigenvalue weighted by molar-refractivity contribution is 6.07. The lowest BCUT2D eigenvalue weighted by atomic mass is 9.78. The van der Waals surface area contributed by atoms with Gasteiger partial charge in [-0.2, -0.15) is 0 Å². The fourth-order valence-corrected chi connectivity index (χ4v) is 9.07. The number of hydrogen-bond acceptors (Lipinski definition) is 3. The first-order chi connectivity index (χ1) is 29.6. The Kier molecular flexibility index (Phi) is 10.2. The van der Waals surface area contributed by atoms with E-state index >= 15 is 0 Å². The third-order valence-corrected chi connectivity index (χ3v) is 12.5. The van der Waals surface area contributed by atoms with Crippen molar-refractivity contribution in [1.29, 1.82) is 0 Å². The molecule has 0 saturated carbocycles. The van der Waals surface area contributed by atoms with Gasteiger partial charge in [-0.3, -0.25) is 9.55 Å². The van der Waals surface area contributed by atoms with Gasteiger partial charge in [0.05, 0.1) is 28.0 Å². The molecule has 0 fully saturated rings. The summed E-state index contributed by atoms with van der Waals surface area (Å²) in [6.45, 7) is 22.4. The topological polar surface area (TPSA) is 50.9 Å². The van der Waals surface area contributed by atoms with Gasteiger partial charge in [0.15, 0.2) is 0 Å². The molecule has 7 aromatic carbocycles. The Balaban J connectivity index is 1.41. The van der Waals surface area contributed by atoms with Crippen LogP contribution in [0.25, 0.3) is 83.2 Å². The number of hydrogen-bond donors (Lipinski definition) is 1. The van der Waals surface area contributed by atoms with E-state index in [1.807, 2.05) is 6.20 Å². The zero-order valence-electron chi connectivity index (χ0n) is 37.8. The maximum Gasteiger partial charge on any atom is 0.149 e. The molecule has 0 saturated heterocycles. The van der Waals surface area contributed by atoms with Crippen LogP contribution in [-0.2, 0) is 10.8 Å². The van der Waals surface area contributed by atoms with Crippen LogP contribution in [0, 0.1) is 0 Å². The van der Waals surface area contributed by atoms with Crippen molar-refractivity contribution >= 4 is 32.6 Å². The standard InChI is InChI=1S/C58H57N3O/c1-35(2)46-28-41(37-19-12-11-13-20-37)29-47(36(3)4)54(46)61-52-26-18-25-45(53(52)60-56(61)49-32-43(57(5,6)7)33-50(55(49)62)58(8,9)10)48-30-42(27-39-22-16-17-24-44(39)48)51-31-38-21-14-15-23-40(38)34-59-51/h11-36,62H,1-10H3. The van der Waals surface area contributed by atoms with E-state index in [1.54, 1.807) is 0 Å². The van der Waals surface area contributed by atoms with E-state index in [2.05, 4.69) is 213 Å². The van der Waals surface area contributed by atoms with Gasteiger partial charge < -0.3 is 5.11 Å². The summed E-state index contributed by atoms with van der Waals surface area (Å²) >= 11 is 0. The van der Waals surface area contributed by atoms with Crippen LogP contribution in [0.5, 0.6) is 5.75 Å². The van der Waals surface area contributed by atoms with Gasteiger partial charge >= 0.3 is 0 Å². The number of aromatic nitrogens is 3. The third-order valence-electron chi connectivity index (χ3n) is 12.5. The van der Waals surface area contributed by atoms with Gasteiger partial charge in [-0.25, -0.2) is 4.98 Å². The van der Waals surface area contributed by atoms with Crippen LogP contribution >= 0.6 is 0 Å². The van der Waals surface area contributed by atoms with Crippen molar-refractivity contribution < 1.29 is 5.11 Å². The third kappa shape index (κ3) is 7.26. The first kappa shape index (κ1) is 40.9. The molecule has 0 amide bonds. The molecule has 0 spiro atoms. The average molecular weight is 812 g/mol. The van der Waals surface area contributed by atoms with Crippen LogP contribution in [0.2, 0.25) is 0 Å². The summed E-state index contributed by atoms with van der Waals surface area (Å²) in [5.41, 5.74) is 14.3. The van der Waals surface area contributed by atoms with Crippen molar-refractivity contribution in [3.05, 3.63) is 168 Å². The molecule has 0 aliphatic rings. The largest absolute Gasteiger partial charge is 0.507 e. The van der Waals surface area contributed by atoms with E-state index in [1.165, 1.54) is 22.3 Å². The minimum atomic E-state index is -0.318. The molecular weight excluding hydrogens is 755 g/mol. The van der Waals surface area contributed by atoms with Gasteiger partial charge in [0.25, 0.3) is 0 Å². The summed E-state index contributed by atoms with van der Waals surface area (Å²) in [5.74, 6) is 1.38. The maximum absolute atomic E-state index is 12.6. The van der Waals surface area contributed by atoms with Crippen LogP contribution in [0.4, 0.5) is 0 Å². The highest BCUT2D eigenvalue weighted by Gasteiger charge is 2.31. The number of imidazole rings is 1. The Hall–Kier alpha value is -6.52. The number of phenols is 1. The summed E-state index contributed by atoms with van der Waals surface area (Å²) in [5, 5.41) is 17.2. The van der Waals surface area contributed by atoms with Crippen molar-refractivity contribution in [3.63, 3.8) is 0 Å². The molecule has 310 valence electrons. The van der Waals surface area contributed by atoms with E-state index in [0.717, 1.165) is 83.2 Å². The second kappa shape index (κ2) is 15.4. The molecule has 4 heteroatoms. The predicted octanol–water partition coefficient (Wildman–Crippen LogP) is 15.9. The number of rotatable bonds is 7. The van der Waals surface area contributed by atoms with E-state index < -0.39 is 0 Å². The fourth-order valence-electron chi connectivity index (χ4n) is 9.07. The lowest BCUT2D eigenvalue weighted by Gasteiger charge is -2.28. The smallest absolute Gasteiger partial charge is 0.149 e. The van der Waals surface area contributed by atoms with Gasteiger partial charge in [-0.05, 0) is 115 Å². The van der Waals surface area contributed by atoms with Gasteiger partial charge in [0, 0.05) is 28.3 Å². The Morgan fingerprint density at radius 2 is 1.18 bits per heavy atom. The summed E-state index contributed by atoms with van der Waals surface area (Å²) in [6, 6.07) is 50.2. The number of aromatic hydroxyl groups is 1. The Morgan fingerprint density at radius 1 is 0.532 bits per heavy atom. The lowest BCUT2D eigenvalue weighted by molar-refractivity contribution is 0.446. The molecule has 0 atom stereocenters. The molecule has 0 unspecified atom stereocenters. The van der Waals surface area contributed by atoms with Crippen molar-refractivity contribution in [2.24, 2.45) is 0 Å². The summed E-state index contributed by atoms with van der Waals surface area (Å²) in [4.78, 5) is 10.7. The van der Waals surface area contributed by atoms with E-state index in [9.17, 15) is 5.11 Å². The van der Waals surface area contributed by atoms with Crippen LogP contribution < -0.4 is 0 Å². The average Bonchev–Trinajstić information content (AvgIpc) is 3.64. The number of phenolic OH excluding ortho intramolecular Hbond substituents is 1. The molecule has 1 N–H and O–H groups in total. The summed E-state index contributed by atoms with van der Waals surface area (Å²) in [7, 11) is 0. The van der Waals surface area contributed by atoms with Crippen LogP contribution in [0.1, 0.15) is 103 Å².